The number of nitrogens with two attached hydrogens (primary N) is 1. The summed E-state index contributed by atoms with van der Waals surface area (Å²) in [4.78, 5) is 11.0. The van der Waals surface area contributed by atoms with Crippen molar-refractivity contribution in [1.82, 2.24) is 0 Å². The van der Waals surface area contributed by atoms with Gasteiger partial charge in [-0.2, -0.15) is 0 Å². The van der Waals surface area contributed by atoms with Crippen LogP contribution in [0.15, 0.2) is 18.2 Å². The smallest absolute Gasteiger partial charge is 0.310 e. The molecule has 0 radical (unpaired) electrons. The quantitative estimate of drug-likeness (QED) is 0.591. The molecule has 1 aromatic rings. The third-order valence-electron chi connectivity index (χ3n) is 1.79. The molecule has 0 amide bonds. The normalized spacial score (nSPS) is 9.93. The maximum Gasteiger partial charge on any atom is 0.310 e. The Morgan fingerprint density at radius 2 is 2.29 bits per heavy atom. The van der Waals surface area contributed by atoms with Crippen molar-refractivity contribution in [1.29, 1.82) is 0 Å². The van der Waals surface area contributed by atoms with Gasteiger partial charge in [-0.1, -0.05) is 13.0 Å². The topological polar surface area (TPSA) is 52.3 Å². The number of hydrogen-bond donors (Lipinski definition) is 1. The van der Waals surface area contributed by atoms with E-state index < -0.39 is 11.8 Å². The predicted molar refractivity (Wildman–Crippen MR) is 50.2 cm³/mol. The number of carbonyl (C=O) groups is 1. The predicted octanol–water partition coefficient (Wildman–Crippen LogP) is 1.60. The molecule has 0 aliphatic heterocycles. The SMILES string of the molecule is CCC(=O)Oc1cccc(F)c1CN. The maximum absolute atomic E-state index is 13.1. The molecule has 1 rings (SSSR count). The van der Waals surface area contributed by atoms with Crippen molar-refractivity contribution in [2.24, 2.45) is 5.73 Å². The van der Waals surface area contributed by atoms with Gasteiger partial charge in [0.05, 0.1) is 0 Å². The Hall–Kier alpha value is -1.42. The molecule has 0 unspecified atom stereocenters. The van der Waals surface area contributed by atoms with Gasteiger partial charge in [-0.25, -0.2) is 4.39 Å². The zero-order valence-corrected chi connectivity index (χ0v) is 7.92. The first kappa shape index (κ1) is 10.7. The molecular formula is C10H12FNO2. The van der Waals surface area contributed by atoms with Gasteiger partial charge in [0.25, 0.3) is 0 Å². The second-order valence-corrected chi connectivity index (χ2v) is 2.75. The highest BCUT2D eigenvalue weighted by atomic mass is 19.1. The number of hydrogen-bond acceptors (Lipinski definition) is 3. The van der Waals surface area contributed by atoms with Gasteiger partial charge < -0.3 is 10.5 Å². The molecule has 0 fully saturated rings. The Morgan fingerprint density at radius 3 is 2.86 bits per heavy atom. The summed E-state index contributed by atoms with van der Waals surface area (Å²) < 4.78 is 18.0. The Bertz CT molecular complexity index is 339. The summed E-state index contributed by atoms with van der Waals surface area (Å²) in [5, 5.41) is 0. The average Bonchev–Trinajstić information content (AvgIpc) is 2.18. The zero-order chi connectivity index (χ0) is 10.6. The third-order valence-corrected chi connectivity index (χ3v) is 1.79. The van der Waals surface area contributed by atoms with Crippen molar-refractivity contribution >= 4 is 5.97 Å². The highest BCUT2D eigenvalue weighted by Gasteiger charge is 2.10. The van der Waals surface area contributed by atoms with Gasteiger partial charge >= 0.3 is 5.97 Å². The van der Waals surface area contributed by atoms with Gasteiger partial charge in [-0.05, 0) is 12.1 Å². The summed E-state index contributed by atoms with van der Waals surface area (Å²) in [7, 11) is 0. The van der Waals surface area contributed by atoms with Crippen LogP contribution < -0.4 is 10.5 Å². The van der Waals surface area contributed by atoms with Crippen molar-refractivity contribution < 1.29 is 13.9 Å². The molecule has 0 aliphatic rings. The molecule has 0 aromatic heterocycles. The van der Waals surface area contributed by atoms with Crippen LogP contribution in [0.3, 0.4) is 0 Å². The average molecular weight is 197 g/mol. The molecule has 0 bridgehead atoms. The van der Waals surface area contributed by atoms with Gasteiger partial charge in [-0.15, -0.1) is 0 Å². The summed E-state index contributed by atoms with van der Waals surface area (Å²) in [5.74, 6) is -0.640. The number of rotatable bonds is 3. The lowest BCUT2D eigenvalue weighted by Gasteiger charge is -2.08. The van der Waals surface area contributed by atoms with E-state index in [9.17, 15) is 9.18 Å². The van der Waals surface area contributed by atoms with Crippen LogP contribution in [-0.2, 0) is 11.3 Å². The van der Waals surface area contributed by atoms with E-state index >= 15 is 0 Å². The molecule has 0 heterocycles. The van der Waals surface area contributed by atoms with E-state index in [1.807, 2.05) is 0 Å². The molecule has 1 aromatic carbocycles. The third kappa shape index (κ3) is 2.29. The van der Waals surface area contributed by atoms with Crippen LogP contribution in [0.4, 0.5) is 4.39 Å². The second kappa shape index (κ2) is 4.72. The molecule has 0 saturated carbocycles. The van der Waals surface area contributed by atoms with Crippen LogP contribution in [0.25, 0.3) is 0 Å². The molecular weight excluding hydrogens is 185 g/mol. The van der Waals surface area contributed by atoms with Crippen LogP contribution >= 0.6 is 0 Å². The molecule has 0 spiro atoms. The lowest BCUT2D eigenvalue weighted by molar-refractivity contribution is -0.134. The molecule has 3 nitrogen and oxygen atoms in total. The summed E-state index contributed by atoms with van der Waals surface area (Å²) >= 11 is 0. The lowest BCUT2D eigenvalue weighted by Crippen LogP contribution is -2.10. The van der Waals surface area contributed by atoms with Gasteiger partial charge in [-0.3, -0.25) is 4.79 Å². The highest BCUT2D eigenvalue weighted by Crippen LogP contribution is 2.21. The summed E-state index contributed by atoms with van der Waals surface area (Å²) in [6.45, 7) is 1.68. The molecule has 0 atom stereocenters. The number of benzene rings is 1. The van der Waals surface area contributed by atoms with E-state index in [1.54, 1.807) is 6.92 Å². The second-order valence-electron chi connectivity index (χ2n) is 2.75. The van der Waals surface area contributed by atoms with E-state index in [4.69, 9.17) is 10.5 Å². The minimum absolute atomic E-state index is 0.0129. The highest BCUT2D eigenvalue weighted by molar-refractivity contribution is 5.72. The van der Waals surface area contributed by atoms with E-state index in [2.05, 4.69) is 0 Å². The Kier molecular flexibility index (Phi) is 3.59. The van der Waals surface area contributed by atoms with E-state index in [-0.39, 0.29) is 24.3 Å². The lowest BCUT2D eigenvalue weighted by atomic mass is 10.2. The molecule has 14 heavy (non-hydrogen) atoms. The first-order valence-corrected chi connectivity index (χ1v) is 4.37. The van der Waals surface area contributed by atoms with E-state index in [0.717, 1.165) is 0 Å². The van der Waals surface area contributed by atoms with Crippen molar-refractivity contribution in [2.75, 3.05) is 0 Å². The van der Waals surface area contributed by atoms with Crippen LogP contribution in [-0.4, -0.2) is 5.97 Å². The fourth-order valence-corrected chi connectivity index (χ4v) is 1.03. The zero-order valence-electron chi connectivity index (χ0n) is 7.92. The van der Waals surface area contributed by atoms with Crippen molar-refractivity contribution in [3.63, 3.8) is 0 Å². The van der Waals surface area contributed by atoms with Crippen LogP contribution in [0.1, 0.15) is 18.9 Å². The first-order chi connectivity index (χ1) is 6.69. The largest absolute Gasteiger partial charge is 0.426 e. The summed E-state index contributed by atoms with van der Waals surface area (Å²) in [5.41, 5.74) is 5.57. The van der Waals surface area contributed by atoms with Gasteiger partial charge in [0.2, 0.25) is 0 Å². The molecule has 2 N–H and O–H groups in total. The molecule has 4 heteroatoms. The minimum atomic E-state index is -0.450. The van der Waals surface area contributed by atoms with E-state index in [1.165, 1.54) is 18.2 Å². The van der Waals surface area contributed by atoms with Crippen LogP contribution in [0, 0.1) is 5.82 Å². The van der Waals surface area contributed by atoms with E-state index in [0.29, 0.717) is 0 Å². The maximum atomic E-state index is 13.1. The summed E-state index contributed by atoms with van der Waals surface area (Å²) in [6, 6.07) is 4.29. The first-order valence-electron chi connectivity index (χ1n) is 4.37. The monoisotopic (exact) mass is 197 g/mol. The Balaban J connectivity index is 2.96. The van der Waals surface area contributed by atoms with Crippen molar-refractivity contribution in [3.05, 3.63) is 29.6 Å². The Morgan fingerprint density at radius 1 is 1.57 bits per heavy atom. The fraction of sp³-hybridized carbons (Fsp3) is 0.300. The van der Waals surface area contributed by atoms with Gasteiger partial charge in [0.15, 0.2) is 0 Å². The number of ether oxygens (including phenoxy) is 1. The molecule has 76 valence electrons. The van der Waals surface area contributed by atoms with Crippen molar-refractivity contribution in [3.8, 4) is 5.75 Å². The van der Waals surface area contributed by atoms with Gasteiger partial charge in [0, 0.05) is 18.5 Å². The summed E-state index contributed by atoms with van der Waals surface area (Å²) in [6.07, 6.45) is 0.251. The fourth-order valence-electron chi connectivity index (χ4n) is 1.03. The number of halogens is 1. The van der Waals surface area contributed by atoms with Crippen molar-refractivity contribution in [2.45, 2.75) is 19.9 Å². The molecule has 0 saturated heterocycles. The van der Waals surface area contributed by atoms with Crippen LogP contribution in [0.2, 0.25) is 0 Å². The Labute approximate surface area is 81.7 Å². The number of carbonyl (C=O) groups excluding carboxylic acids is 1. The van der Waals surface area contributed by atoms with Gasteiger partial charge in [0.1, 0.15) is 11.6 Å². The standard InChI is InChI=1S/C10H12FNO2/c1-2-10(13)14-9-5-3-4-8(11)7(9)6-12/h3-5H,2,6,12H2,1H3. The number of esters is 1. The minimum Gasteiger partial charge on any atom is -0.426 e. The molecule has 0 aliphatic carbocycles. The van der Waals surface area contributed by atoms with Crippen LogP contribution in [0.5, 0.6) is 5.75 Å².